The average Bonchev–Trinajstić information content (AvgIpc) is 3.77. The summed E-state index contributed by atoms with van der Waals surface area (Å²) in [5, 5.41) is 18.2. The summed E-state index contributed by atoms with van der Waals surface area (Å²) in [6, 6.07) is 24.3. The van der Waals surface area contributed by atoms with E-state index < -0.39 is 12.1 Å². The van der Waals surface area contributed by atoms with Gasteiger partial charge >= 0.3 is 0 Å². The van der Waals surface area contributed by atoms with Gasteiger partial charge in [0.05, 0.1) is 12.1 Å². The molecule has 1 heterocycles. The minimum absolute atomic E-state index is 0. The summed E-state index contributed by atoms with van der Waals surface area (Å²) >= 11 is 0. The molecule has 0 unspecified atom stereocenters. The Kier molecular flexibility index (Phi) is 9.99. The van der Waals surface area contributed by atoms with E-state index in [1.54, 1.807) is 0 Å². The number of amides is 2. The fraction of sp³-hybridized carbons (Fsp3) is 0.429. The Labute approximate surface area is 255 Å². The Balaban J connectivity index is 0.00000353. The van der Waals surface area contributed by atoms with Gasteiger partial charge in [-0.1, -0.05) is 67.4 Å². The predicted octanol–water partition coefficient (Wildman–Crippen LogP) is 5.35. The van der Waals surface area contributed by atoms with Crippen LogP contribution in [0.4, 0.5) is 5.69 Å². The first kappa shape index (κ1) is 30.3. The maximum absolute atomic E-state index is 13.8. The van der Waals surface area contributed by atoms with Gasteiger partial charge in [-0.05, 0) is 84.9 Å². The zero-order chi connectivity index (χ0) is 28.2. The van der Waals surface area contributed by atoms with E-state index in [1.165, 1.54) is 24.0 Å². The number of carbonyl (C=O) groups is 2. The van der Waals surface area contributed by atoms with Gasteiger partial charge in [0.2, 0.25) is 5.91 Å². The van der Waals surface area contributed by atoms with Crippen LogP contribution in [0.25, 0.3) is 0 Å². The smallest absolute Gasteiger partial charge is 0.251 e. The van der Waals surface area contributed by atoms with Crippen molar-refractivity contribution in [3.05, 3.63) is 101 Å². The standard InChI is InChI=1S/C35H41N3O3.ClH/c39-33(23-36-30-19-26-13-6-7-14-27(26)20-30)32(17-24-9-2-1-3-10-24)37-35(41)29-18-28(25-11-4-5-12-25)21-31(22-29)38-16-8-15-34(38)40;/h1-3,6-7,9-10,13-14,18,21-22,25,30,32-33,36,39H,4-5,8,11-12,15-17,19-20,23H2,(H,37,41);1H/t32-,33+;/m0./s1. The van der Waals surface area contributed by atoms with Crippen molar-refractivity contribution in [1.82, 2.24) is 10.6 Å². The first-order valence-electron chi connectivity index (χ1n) is 15.3. The minimum atomic E-state index is -0.763. The topological polar surface area (TPSA) is 81.7 Å². The largest absolute Gasteiger partial charge is 0.390 e. The number of hydrogen-bond acceptors (Lipinski definition) is 4. The van der Waals surface area contributed by atoms with Crippen LogP contribution in [0.3, 0.4) is 0 Å². The fourth-order valence-corrected chi connectivity index (χ4v) is 6.87. The summed E-state index contributed by atoms with van der Waals surface area (Å²) in [4.78, 5) is 28.3. The molecule has 1 aliphatic heterocycles. The molecule has 7 heteroatoms. The molecule has 3 N–H and O–H groups in total. The van der Waals surface area contributed by atoms with Crippen LogP contribution in [0.2, 0.25) is 0 Å². The van der Waals surface area contributed by atoms with Gasteiger partial charge in [-0.25, -0.2) is 0 Å². The number of benzene rings is 3. The lowest BCUT2D eigenvalue weighted by Crippen LogP contribution is -2.50. The van der Waals surface area contributed by atoms with Crippen molar-refractivity contribution in [2.75, 3.05) is 18.0 Å². The van der Waals surface area contributed by atoms with Gasteiger partial charge in [-0.2, -0.15) is 0 Å². The maximum atomic E-state index is 13.8. The number of fused-ring (bicyclic) bond motifs is 1. The summed E-state index contributed by atoms with van der Waals surface area (Å²) in [6.07, 6.45) is 7.69. The van der Waals surface area contributed by atoms with Crippen molar-refractivity contribution >= 4 is 29.9 Å². The van der Waals surface area contributed by atoms with Gasteiger partial charge in [0, 0.05) is 36.8 Å². The van der Waals surface area contributed by atoms with Crippen LogP contribution in [0.1, 0.15) is 77.1 Å². The molecule has 222 valence electrons. The highest BCUT2D eigenvalue weighted by atomic mass is 35.5. The summed E-state index contributed by atoms with van der Waals surface area (Å²) < 4.78 is 0. The zero-order valence-electron chi connectivity index (χ0n) is 24.1. The number of aliphatic hydroxyl groups is 1. The van der Waals surface area contributed by atoms with Crippen LogP contribution in [0, 0.1) is 0 Å². The molecule has 2 atom stereocenters. The van der Waals surface area contributed by atoms with Crippen molar-refractivity contribution < 1.29 is 14.7 Å². The Morgan fingerprint density at radius 2 is 1.62 bits per heavy atom. The van der Waals surface area contributed by atoms with Crippen molar-refractivity contribution in [3.8, 4) is 0 Å². The number of nitrogens with zero attached hydrogens (tertiary/aromatic N) is 1. The first-order chi connectivity index (χ1) is 20.0. The van der Waals surface area contributed by atoms with Crippen LogP contribution >= 0.6 is 12.4 Å². The Morgan fingerprint density at radius 1 is 0.929 bits per heavy atom. The molecule has 2 fully saturated rings. The lowest BCUT2D eigenvalue weighted by molar-refractivity contribution is -0.117. The molecule has 0 radical (unpaired) electrons. The summed E-state index contributed by atoms with van der Waals surface area (Å²) in [6.45, 7) is 1.09. The third-order valence-corrected chi connectivity index (χ3v) is 9.16. The van der Waals surface area contributed by atoms with Gasteiger partial charge < -0.3 is 20.6 Å². The van der Waals surface area contributed by atoms with Crippen LogP contribution < -0.4 is 15.5 Å². The fourth-order valence-electron chi connectivity index (χ4n) is 6.87. The quantitative estimate of drug-likeness (QED) is 0.299. The van der Waals surface area contributed by atoms with E-state index in [4.69, 9.17) is 0 Å². The van der Waals surface area contributed by atoms with Crippen LogP contribution in [-0.2, 0) is 24.1 Å². The van der Waals surface area contributed by atoms with E-state index in [2.05, 4.69) is 41.0 Å². The second kappa shape index (κ2) is 13.9. The van der Waals surface area contributed by atoms with Crippen molar-refractivity contribution in [2.24, 2.45) is 0 Å². The minimum Gasteiger partial charge on any atom is -0.390 e. The highest BCUT2D eigenvalue weighted by Crippen LogP contribution is 2.37. The van der Waals surface area contributed by atoms with Crippen molar-refractivity contribution in [2.45, 2.75) is 81.9 Å². The molecule has 3 aliphatic rings. The second-order valence-electron chi connectivity index (χ2n) is 12.1. The molecule has 0 aromatic heterocycles. The molecule has 2 aliphatic carbocycles. The van der Waals surface area contributed by atoms with Gasteiger partial charge in [-0.15, -0.1) is 12.4 Å². The molecule has 0 spiro atoms. The van der Waals surface area contributed by atoms with Gasteiger partial charge in [0.25, 0.3) is 5.91 Å². The number of rotatable bonds is 10. The van der Waals surface area contributed by atoms with Crippen LogP contribution in [-0.4, -0.2) is 48.2 Å². The second-order valence-corrected chi connectivity index (χ2v) is 12.1. The molecular formula is C35H42ClN3O3. The van der Waals surface area contributed by atoms with Gasteiger partial charge in [0.1, 0.15) is 0 Å². The summed E-state index contributed by atoms with van der Waals surface area (Å²) in [5.41, 5.74) is 6.32. The molecule has 2 amide bonds. The Hall–Kier alpha value is -3.19. The van der Waals surface area contributed by atoms with Gasteiger partial charge in [0.15, 0.2) is 0 Å². The van der Waals surface area contributed by atoms with E-state index >= 15 is 0 Å². The van der Waals surface area contributed by atoms with Crippen LogP contribution in [0.5, 0.6) is 0 Å². The highest BCUT2D eigenvalue weighted by molar-refractivity contribution is 5.99. The maximum Gasteiger partial charge on any atom is 0.251 e. The molecule has 3 aromatic rings. The average molecular weight is 588 g/mol. The molecule has 1 saturated heterocycles. The Morgan fingerprint density at radius 3 is 2.29 bits per heavy atom. The SMILES string of the molecule is Cl.O=C(N[C@@H](Cc1ccccc1)[C@H](O)CNC1Cc2ccccc2C1)c1cc(C2CCCC2)cc(N2CCCC2=O)c1. The number of aliphatic hydroxyl groups excluding tert-OH is 1. The number of carbonyl (C=O) groups excluding carboxylic acids is 2. The molecule has 3 aromatic carbocycles. The lowest BCUT2D eigenvalue weighted by Gasteiger charge is -2.27. The molecular weight excluding hydrogens is 546 g/mol. The molecule has 6 rings (SSSR count). The van der Waals surface area contributed by atoms with Crippen molar-refractivity contribution in [3.63, 3.8) is 0 Å². The molecule has 6 nitrogen and oxygen atoms in total. The third kappa shape index (κ3) is 7.05. The van der Waals surface area contributed by atoms with E-state index in [0.717, 1.165) is 48.9 Å². The van der Waals surface area contributed by atoms with Crippen LogP contribution in [0.15, 0.2) is 72.8 Å². The molecule has 0 bridgehead atoms. The van der Waals surface area contributed by atoms with E-state index in [1.807, 2.05) is 47.4 Å². The lowest BCUT2D eigenvalue weighted by atomic mass is 9.94. The normalized spacial score (nSPS) is 18.5. The van der Waals surface area contributed by atoms with E-state index in [9.17, 15) is 14.7 Å². The number of anilines is 1. The Bertz CT molecular complexity index is 1350. The zero-order valence-corrected chi connectivity index (χ0v) is 25.0. The number of nitrogens with one attached hydrogen (secondary N) is 2. The predicted molar refractivity (Wildman–Crippen MR) is 170 cm³/mol. The number of halogens is 1. The molecule has 1 saturated carbocycles. The summed E-state index contributed by atoms with van der Waals surface area (Å²) in [5.74, 6) is 0.341. The first-order valence-corrected chi connectivity index (χ1v) is 15.3. The molecule has 42 heavy (non-hydrogen) atoms. The third-order valence-electron chi connectivity index (χ3n) is 9.16. The van der Waals surface area contributed by atoms with E-state index in [-0.39, 0.29) is 30.3 Å². The monoisotopic (exact) mass is 587 g/mol. The highest BCUT2D eigenvalue weighted by Gasteiger charge is 2.28. The van der Waals surface area contributed by atoms with Crippen molar-refractivity contribution in [1.29, 1.82) is 0 Å². The summed E-state index contributed by atoms with van der Waals surface area (Å²) in [7, 11) is 0. The number of hydrogen-bond donors (Lipinski definition) is 3. The van der Waals surface area contributed by atoms with E-state index in [0.29, 0.717) is 37.4 Å². The van der Waals surface area contributed by atoms with Gasteiger partial charge in [-0.3, -0.25) is 9.59 Å².